The van der Waals surface area contributed by atoms with Crippen molar-refractivity contribution >= 4 is 28.1 Å². The average molecular weight is 344 g/mol. The van der Waals surface area contributed by atoms with E-state index in [0.29, 0.717) is 32.6 Å². The molecule has 0 spiro atoms. The minimum absolute atomic E-state index is 0.0282. The quantitative estimate of drug-likeness (QED) is 0.583. The number of pyridine rings is 1. The van der Waals surface area contributed by atoms with E-state index in [0.717, 1.165) is 0 Å². The Labute approximate surface area is 142 Å². The van der Waals surface area contributed by atoms with Crippen LogP contribution in [0.25, 0.3) is 21.9 Å². The average Bonchev–Trinajstić information content (AvgIpc) is 2.57. The van der Waals surface area contributed by atoms with Gasteiger partial charge in [0.05, 0.1) is 4.92 Å². The molecule has 0 radical (unpaired) electrons. The second-order valence-corrected chi connectivity index (χ2v) is 5.82. The van der Waals surface area contributed by atoms with Crippen molar-refractivity contribution in [1.82, 2.24) is 4.57 Å². The van der Waals surface area contributed by atoms with Crippen molar-refractivity contribution in [1.29, 1.82) is 0 Å². The van der Waals surface area contributed by atoms with E-state index in [1.165, 1.54) is 16.7 Å². The number of halogens is 1. The van der Waals surface area contributed by atoms with Crippen LogP contribution in [0.1, 0.15) is 5.69 Å². The summed E-state index contributed by atoms with van der Waals surface area (Å²) in [6.45, 7) is 0.117. The molecule has 2 N–H and O–H groups in total. The molecule has 2 aromatic carbocycles. The van der Waals surface area contributed by atoms with Crippen molar-refractivity contribution in [2.75, 3.05) is 0 Å². The Morgan fingerprint density at radius 2 is 1.96 bits per heavy atom. The number of benzene rings is 2. The lowest BCUT2D eigenvalue weighted by Gasteiger charge is -2.16. The number of nitrogens with two attached hydrogens (primary N) is 1. The second kappa shape index (κ2) is 6.07. The Bertz CT molecular complexity index is 1030. The Hall–Kier alpha value is -2.70. The summed E-state index contributed by atoms with van der Waals surface area (Å²) in [6, 6.07) is 11.2. The molecule has 0 aliphatic rings. The molecule has 3 aromatic rings. The fraction of sp³-hybridized carbons (Fsp3) is 0.118. The number of aromatic nitrogens is 1. The van der Waals surface area contributed by atoms with E-state index in [2.05, 4.69) is 0 Å². The lowest BCUT2D eigenvalue weighted by atomic mass is 9.96. The lowest BCUT2D eigenvalue weighted by molar-refractivity contribution is -0.384. The van der Waals surface area contributed by atoms with Crippen LogP contribution in [-0.4, -0.2) is 9.49 Å². The van der Waals surface area contributed by atoms with Crippen LogP contribution in [0.15, 0.2) is 47.3 Å². The number of nitrogens with zero attached hydrogens (tertiary/aromatic N) is 2. The van der Waals surface area contributed by atoms with Gasteiger partial charge in [0.15, 0.2) is 0 Å². The fourth-order valence-corrected chi connectivity index (χ4v) is 3.04. The molecule has 0 fully saturated rings. The van der Waals surface area contributed by atoms with Gasteiger partial charge < -0.3 is 10.3 Å². The highest BCUT2D eigenvalue weighted by Crippen LogP contribution is 2.33. The number of hydrogen-bond acceptors (Lipinski definition) is 4. The normalized spacial score (nSPS) is 11.0. The molecule has 0 amide bonds. The molecule has 0 unspecified atom stereocenters. The van der Waals surface area contributed by atoms with E-state index in [-0.39, 0.29) is 17.8 Å². The third-order valence-electron chi connectivity index (χ3n) is 4.02. The lowest BCUT2D eigenvalue weighted by Crippen LogP contribution is -2.23. The van der Waals surface area contributed by atoms with E-state index in [1.54, 1.807) is 37.4 Å². The number of fused-ring (bicyclic) bond motifs is 1. The largest absolute Gasteiger partial charge is 0.325 e. The van der Waals surface area contributed by atoms with E-state index in [1.807, 2.05) is 0 Å². The van der Waals surface area contributed by atoms with Gasteiger partial charge >= 0.3 is 0 Å². The molecule has 7 heteroatoms. The molecule has 0 aliphatic carbocycles. The zero-order chi connectivity index (χ0) is 17.4. The molecule has 0 aliphatic heterocycles. The standard InChI is InChI=1S/C17H14ClN3O3/c1-20-15(9-19)16(10-3-2-4-12(7-10)21(23)24)14-8-11(18)5-6-13(14)17(20)22/h2-8H,9,19H2,1H3. The van der Waals surface area contributed by atoms with Crippen molar-refractivity contribution in [3.63, 3.8) is 0 Å². The minimum atomic E-state index is -0.456. The van der Waals surface area contributed by atoms with Gasteiger partial charge in [0.25, 0.3) is 11.2 Å². The van der Waals surface area contributed by atoms with Crippen LogP contribution in [0, 0.1) is 10.1 Å². The Morgan fingerprint density at radius 3 is 2.62 bits per heavy atom. The first-order chi connectivity index (χ1) is 11.4. The maximum Gasteiger partial charge on any atom is 0.270 e. The van der Waals surface area contributed by atoms with Gasteiger partial charge in [-0.2, -0.15) is 0 Å². The van der Waals surface area contributed by atoms with Crippen molar-refractivity contribution < 1.29 is 4.92 Å². The van der Waals surface area contributed by atoms with Crippen LogP contribution < -0.4 is 11.3 Å². The van der Waals surface area contributed by atoms with Crippen LogP contribution in [0.3, 0.4) is 0 Å². The highest BCUT2D eigenvalue weighted by molar-refractivity contribution is 6.31. The molecular weight excluding hydrogens is 330 g/mol. The summed E-state index contributed by atoms with van der Waals surface area (Å²) in [5, 5.41) is 12.7. The van der Waals surface area contributed by atoms with E-state index in [4.69, 9.17) is 17.3 Å². The molecule has 0 atom stereocenters. The van der Waals surface area contributed by atoms with Crippen LogP contribution >= 0.6 is 11.6 Å². The minimum Gasteiger partial charge on any atom is -0.325 e. The predicted molar refractivity (Wildman–Crippen MR) is 94.2 cm³/mol. The van der Waals surface area contributed by atoms with Gasteiger partial charge in [0.2, 0.25) is 0 Å². The molecule has 0 bridgehead atoms. The highest BCUT2D eigenvalue weighted by Gasteiger charge is 2.17. The van der Waals surface area contributed by atoms with Crippen LogP contribution in [0.4, 0.5) is 5.69 Å². The molecule has 24 heavy (non-hydrogen) atoms. The Kier molecular flexibility index (Phi) is 4.09. The molecule has 0 saturated carbocycles. The van der Waals surface area contributed by atoms with E-state index in [9.17, 15) is 14.9 Å². The van der Waals surface area contributed by atoms with Crippen molar-refractivity contribution in [2.45, 2.75) is 6.54 Å². The number of nitro benzene ring substituents is 1. The Balaban J connectivity index is 2.48. The number of nitro groups is 1. The third kappa shape index (κ3) is 2.55. The molecule has 1 aromatic heterocycles. The number of hydrogen-bond donors (Lipinski definition) is 1. The second-order valence-electron chi connectivity index (χ2n) is 5.39. The maximum absolute atomic E-state index is 12.5. The summed E-state index contributed by atoms with van der Waals surface area (Å²) in [7, 11) is 1.64. The summed E-state index contributed by atoms with van der Waals surface area (Å²) in [5.41, 5.74) is 7.54. The first kappa shape index (κ1) is 16.2. The number of rotatable bonds is 3. The molecule has 1 heterocycles. The van der Waals surface area contributed by atoms with Crippen LogP contribution in [-0.2, 0) is 13.6 Å². The summed E-state index contributed by atoms with van der Waals surface area (Å²) in [5.74, 6) is 0. The molecule has 6 nitrogen and oxygen atoms in total. The van der Waals surface area contributed by atoms with Gasteiger partial charge in [-0.15, -0.1) is 0 Å². The van der Waals surface area contributed by atoms with Gasteiger partial charge in [-0.05, 0) is 29.1 Å². The zero-order valence-corrected chi connectivity index (χ0v) is 13.6. The Morgan fingerprint density at radius 1 is 1.21 bits per heavy atom. The van der Waals surface area contributed by atoms with Crippen LogP contribution in [0.2, 0.25) is 5.02 Å². The predicted octanol–water partition coefficient (Wildman–Crippen LogP) is 3.23. The van der Waals surface area contributed by atoms with Crippen molar-refractivity contribution in [3.05, 3.63) is 73.6 Å². The molecule has 0 saturated heterocycles. The van der Waals surface area contributed by atoms with Crippen molar-refractivity contribution in [2.24, 2.45) is 12.8 Å². The first-order valence-corrected chi connectivity index (χ1v) is 7.58. The highest BCUT2D eigenvalue weighted by atomic mass is 35.5. The van der Waals surface area contributed by atoms with Gasteiger partial charge in [0.1, 0.15) is 0 Å². The summed E-state index contributed by atoms with van der Waals surface area (Å²) < 4.78 is 1.48. The monoisotopic (exact) mass is 343 g/mol. The SMILES string of the molecule is Cn1c(CN)c(-c2cccc([N+](=O)[O-])c2)c2cc(Cl)ccc2c1=O. The van der Waals surface area contributed by atoms with E-state index >= 15 is 0 Å². The third-order valence-corrected chi connectivity index (χ3v) is 4.25. The topological polar surface area (TPSA) is 91.2 Å². The summed E-state index contributed by atoms with van der Waals surface area (Å²) in [6.07, 6.45) is 0. The molecule has 122 valence electrons. The fourth-order valence-electron chi connectivity index (χ4n) is 2.87. The summed E-state index contributed by atoms with van der Waals surface area (Å²) in [4.78, 5) is 23.2. The number of non-ortho nitro benzene ring substituents is 1. The van der Waals surface area contributed by atoms with Crippen LogP contribution in [0.5, 0.6) is 0 Å². The van der Waals surface area contributed by atoms with E-state index < -0.39 is 4.92 Å². The maximum atomic E-state index is 12.5. The van der Waals surface area contributed by atoms with Gasteiger partial charge in [-0.3, -0.25) is 14.9 Å². The molecular formula is C17H14ClN3O3. The zero-order valence-electron chi connectivity index (χ0n) is 12.8. The first-order valence-electron chi connectivity index (χ1n) is 7.20. The van der Waals surface area contributed by atoms with Crippen molar-refractivity contribution in [3.8, 4) is 11.1 Å². The molecule has 3 rings (SSSR count). The smallest absolute Gasteiger partial charge is 0.270 e. The summed E-state index contributed by atoms with van der Waals surface area (Å²) >= 11 is 6.10. The van der Waals surface area contributed by atoms with Gasteiger partial charge in [0, 0.05) is 47.4 Å². The van der Waals surface area contributed by atoms with Gasteiger partial charge in [-0.1, -0.05) is 23.7 Å². The van der Waals surface area contributed by atoms with Gasteiger partial charge in [-0.25, -0.2) is 0 Å².